The van der Waals surface area contributed by atoms with Crippen LogP contribution in [0.3, 0.4) is 0 Å². The molecule has 5 heteroatoms. The molecule has 3 N–H and O–H groups in total. The van der Waals surface area contributed by atoms with Gasteiger partial charge in [0, 0.05) is 12.3 Å². The van der Waals surface area contributed by atoms with Gasteiger partial charge in [-0.25, -0.2) is 0 Å². The van der Waals surface area contributed by atoms with Crippen molar-refractivity contribution >= 4 is 17.7 Å². The van der Waals surface area contributed by atoms with Crippen LogP contribution in [0.2, 0.25) is 0 Å². The molecular weight excluding hydrogens is 360 g/mol. The first-order chi connectivity index (χ1) is 12.8. The molecular formula is C22H38O4S. The third-order valence-corrected chi connectivity index (χ3v) is 6.61. The Morgan fingerprint density at radius 1 is 1.30 bits per heavy atom. The molecule has 0 heterocycles. The summed E-state index contributed by atoms with van der Waals surface area (Å²) in [5.41, 5.74) is 1.23. The predicted octanol–water partition coefficient (Wildman–Crippen LogP) is 5.15. The summed E-state index contributed by atoms with van der Waals surface area (Å²) in [5.74, 6) is 0.706. The molecule has 1 aliphatic rings. The maximum atomic E-state index is 10.5. The monoisotopic (exact) mass is 398 g/mol. The summed E-state index contributed by atoms with van der Waals surface area (Å²) in [4.78, 5) is 11.8. The molecule has 4 atom stereocenters. The lowest BCUT2D eigenvalue weighted by Gasteiger charge is -2.17. The number of carbonyl (C=O) groups is 1. The van der Waals surface area contributed by atoms with E-state index in [0.717, 1.165) is 37.9 Å². The molecule has 0 amide bonds. The molecule has 0 radical (unpaired) electrons. The molecule has 1 rings (SSSR count). The van der Waals surface area contributed by atoms with Crippen LogP contribution in [0.4, 0.5) is 0 Å². The SMILES string of the molecule is CCCC[C@@H](C)C[C@H](O)/C=C/[C@@H]1C(SCCCCCC(=O)O)=C(C)C[C@H]1O. The Labute approximate surface area is 169 Å². The number of carboxylic acids is 1. The minimum Gasteiger partial charge on any atom is -0.481 e. The van der Waals surface area contributed by atoms with Crippen LogP contribution >= 0.6 is 11.8 Å². The molecule has 0 spiro atoms. The van der Waals surface area contributed by atoms with Crippen molar-refractivity contribution < 1.29 is 20.1 Å². The molecule has 0 bridgehead atoms. The van der Waals surface area contributed by atoms with E-state index >= 15 is 0 Å². The number of hydrogen-bond donors (Lipinski definition) is 3. The summed E-state index contributed by atoms with van der Waals surface area (Å²) in [5, 5.41) is 29.4. The number of hydrogen-bond acceptors (Lipinski definition) is 4. The summed E-state index contributed by atoms with van der Waals surface area (Å²) >= 11 is 1.78. The van der Waals surface area contributed by atoms with Crippen molar-refractivity contribution in [2.24, 2.45) is 11.8 Å². The van der Waals surface area contributed by atoms with E-state index in [1.165, 1.54) is 23.3 Å². The van der Waals surface area contributed by atoms with Crippen molar-refractivity contribution in [3.63, 3.8) is 0 Å². The number of unbranched alkanes of at least 4 members (excludes halogenated alkanes) is 3. The van der Waals surface area contributed by atoms with E-state index in [9.17, 15) is 15.0 Å². The summed E-state index contributed by atoms with van der Waals surface area (Å²) in [6.07, 6.45) is 10.9. The van der Waals surface area contributed by atoms with E-state index < -0.39 is 18.2 Å². The molecule has 0 aromatic carbocycles. The second kappa shape index (κ2) is 13.4. The predicted molar refractivity (Wildman–Crippen MR) is 114 cm³/mol. The van der Waals surface area contributed by atoms with Crippen LogP contribution in [-0.2, 0) is 4.79 Å². The van der Waals surface area contributed by atoms with E-state index in [4.69, 9.17) is 5.11 Å². The van der Waals surface area contributed by atoms with Crippen LogP contribution in [0.25, 0.3) is 0 Å². The Bertz CT molecular complexity index is 501. The fourth-order valence-corrected chi connectivity index (χ4v) is 4.91. The lowest BCUT2D eigenvalue weighted by atomic mass is 9.96. The molecule has 156 valence electrons. The van der Waals surface area contributed by atoms with Crippen molar-refractivity contribution in [3.8, 4) is 0 Å². The Balaban J connectivity index is 2.45. The fourth-order valence-electron chi connectivity index (χ4n) is 3.58. The van der Waals surface area contributed by atoms with Crippen LogP contribution < -0.4 is 0 Å². The van der Waals surface area contributed by atoms with Gasteiger partial charge in [-0.3, -0.25) is 4.79 Å². The molecule has 0 aliphatic heterocycles. The third kappa shape index (κ3) is 9.82. The van der Waals surface area contributed by atoms with Gasteiger partial charge in [-0.2, -0.15) is 0 Å². The Morgan fingerprint density at radius 2 is 2.04 bits per heavy atom. The molecule has 4 nitrogen and oxygen atoms in total. The zero-order chi connectivity index (χ0) is 20.2. The third-order valence-electron chi connectivity index (χ3n) is 5.18. The van der Waals surface area contributed by atoms with Gasteiger partial charge in [0.2, 0.25) is 0 Å². The topological polar surface area (TPSA) is 77.8 Å². The summed E-state index contributed by atoms with van der Waals surface area (Å²) in [6.45, 7) is 6.45. The maximum Gasteiger partial charge on any atom is 0.303 e. The van der Waals surface area contributed by atoms with Crippen molar-refractivity contribution in [3.05, 3.63) is 22.6 Å². The molecule has 0 saturated heterocycles. The van der Waals surface area contributed by atoms with Gasteiger partial charge >= 0.3 is 5.97 Å². The lowest BCUT2D eigenvalue weighted by Crippen LogP contribution is -2.15. The van der Waals surface area contributed by atoms with Gasteiger partial charge in [0.25, 0.3) is 0 Å². The number of aliphatic hydroxyl groups is 2. The Morgan fingerprint density at radius 3 is 2.70 bits per heavy atom. The number of rotatable bonds is 14. The lowest BCUT2D eigenvalue weighted by molar-refractivity contribution is -0.137. The highest BCUT2D eigenvalue weighted by Crippen LogP contribution is 2.40. The molecule has 0 unspecified atom stereocenters. The largest absolute Gasteiger partial charge is 0.481 e. The average Bonchev–Trinajstić information content (AvgIpc) is 2.87. The van der Waals surface area contributed by atoms with Crippen LogP contribution in [0.5, 0.6) is 0 Å². The number of aliphatic carboxylic acids is 1. The Hall–Kier alpha value is -0.780. The standard InChI is InChI=1S/C22H38O4S/c1-4-5-9-16(2)14-18(23)11-12-19-20(24)15-17(3)22(19)27-13-8-6-7-10-21(25)26/h11-12,16,18-20,23-24H,4-10,13-15H2,1-3H3,(H,25,26)/b12-11+/t16-,18-,19+,20-/m1/s1. The van der Waals surface area contributed by atoms with Gasteiger partial charge in [0.1, 0.15) is 0 Å². The number of carboxylic acid groups (broad SMARTS) is 1. The zero-order valence-corrected chi connectivity index (χ0v) is 18.0. The molecule has 0 aromatic heterocycles. The first kappa shape index (κ1) is 24.3. The van der Waals surface area contributed by atoms with Crippen LogP contribution in [0.1, 0.15) is 78.6 Å². The maximum absolute atomic E-state index is 10.5. The van der Waals surface area contributed by atoms with E-state index in [2.05, 4.69) is 20.8 Å². The molecule has 0 saturated carbocycles. The highest BCUT2D eigenvalue weighted by atomic mass is 32.2. The van der Waals surface area contributed by atoms with E-state index in [-0.39, 0.29) is 12.3 Å². The first-order valence-electron chi connectivity index (χ1n) is 10.4. The molecule has 1 aliphatic carbocycles. The summed E-state index contributed by atoms with van der Waals surface area (Å²) in [7, 11) is 0. The summed E-state index contributed by atoms with van der Waals surface area (Å²) in [6, 6.07) is 0. The van der Waals surface area contributed by atoms with Gasteiger partial charge in [-0.05, 0) is 49.2 Å². The second-order valence-corrected chi connectivity index (χ2v) is 9.07. The zero-order valence-electron chi connectivity index (χ0n) is 17.2. The van der Waals surface area contributed by atoms with Gasteiger partial charge in [-0.1, -0.05) is 57.3 Å². The van der Waals surface area contributed by atoms with Crippen molar-refractivity contribution in [1.82, 2.24) is 0 Å². The van der Waals surface area contributed by atoms with Gasteiger partial charge in [0.05, 0.1) is 12.2 Å². The van der Waals surface area contributed by atoms with Crippen molar-refractivity contribution in [1.29, 1.82) is 0 Å². The normalized spacial score (nSPS) is 22.6. The fraction of sp³-hybridized carbons (Fsp3) is 0.773. The number of thioether (sulfide) groups is 1. The van der Waals surface area contributed by atoms with Crippen LogP contribution in [0.15, 0.2) is 22.6 Å². The van der Waals surface area contributed by atoms with E-state index in [1.54, 1.807) is 11.8 Å². The van der Waals surface area contributed by atoms with Crippen LogP contribution in [0, 0.1) is 11.8 Å². The highest BCUT2D eigenvalue weighted by molar-refractivity contribution is 8.03. The average molecular weight is 399 g/mol. The van der Waals surface area contributed by atoms with Gasteiger partial charge < -0.3 is 15.3 Å². The van der Waals surface area contributed by atoms with E-state index in [1.807, 2.05) is 12.2 Å². The minimum absolute atomic E-state index is 0.0189. The van der Waals surface area contributed by atoms with Crippen molar-refractivity contribution in [2.45, 2.75) is 90.8 Å². The highest BCUT2D eigenvalue weighted by Gasteiger charge is 2.30. The summed E-state index contributed by atoms with van der Waals surface area (Å²) < 4.78 is 0. The molecule has 27 heavy (non-hydrogen) atoms. The van der Waals surface area contributed by atoms with Gasteiger partial charge in [0.15, 0.2) is 0 Å². The minimum atomic E-state index is -0.729. The van der Waals surface area contributed by atoms with Crippen LogP contribution in [-0.4, -0.2) is 39.2 Å². The second-order valence-electron chi connectivity index (χ2n) is 7.93. The Kier molecular flexibility index (Phi) is 12.0. The smallest absolute Gasteiger partial charge is 0.303 e. The van der Waals surface area contributed by atoms with Crippen molar-refractivity contribution in [2.75, 3.05) is 5.75 Å². The quantitative estimate of drug-likeness (QED) is 0.278. The molecule has 0 aromatic rings. The van der Waals surface area contributed by atoms with Gasteiger partial charge in [-0.15, -0.1) is 11.8 Å². The molecule has 0 fully saturated rings. The first-order valence-corrected chi connectivity index (χ1v) is 11.4. The number of aliphatic hydroxyl groups excluding tert-OH is 2. The van der Waals surface area contributed by atoms with E-state index in [0.29, 0.717) is 12.3 Å².